The zero-order valence-corrected chi connectivity index (χ0v) is 16.1. The van der Waals surface area contributed by atoms with Crippen molar-refractivity contribution in [3.8, 4) is 5.69 Å². The number of para-hydroxylation sites is 1. The van der Waals surface area contributed by atoms with E-state index in [1.807, 2.05) is 30.3 Å². The maximum Gasteiger partial charge on any atom is 0.270 e. The third kappa shape index (κ3) is 3.75. The summed E-state index contributed by atoms with van der Waals surface area (Å²) in [6.07, 6.45) is 0. The number of nitrogens with one attached hydrogen (secondary N) is 1. The molecule has 0 atom stereocenters. The van der Waals surface area contributed by atoms with Crippen molar-refractivity contribution in [1.82, 2.24) is 15.0 Å². The van der Waals surface area contributed by atoms with E-state index in [4.69, 9.17) is 23.2 Å². The van der Waals surface area contributed by atoms with E-state index in [-0.39, 0.29) is 27.0 Å². The average molecular weight is 428 g/mol. The molecular weight excluding hydrogens is 417 g/mol. The molecule has 0 saturated carbocycles. The summed E-state index contributed by atoms with van der Waals surface area (Å²) in [4.78, 5) is 24.4. The van der Waals surface area contributed by atoms with Gasteiger partial charge in [-0.05, 0) is 30.3 Å². The molecule has 1 aromatic heterocycles. The van der Waals surface area contributed by atoms with Gasteiger partial charge in [-0.2, -0.15) is 4.80 Å². The molecule has 10 heteroatoms. The van der Waals surface area contributed by atoms with Crippen LogP contribution in [0, 0.1) is 10.1 Å². The Morgan fingerprint density at radius 1 is 0.966 bits per heavy atom. The normalized spacial score (nSPS) is 10.8. The SMILES string of the molecule is O=C(Nc1cc2nn(-c3ccccc3)nc2cc1Cl)c1cc([N+](=O)[O-])ccc1Cl. The van der Waals surface area contributed by atoms with E-state index in [1.54, 1.807) is 12.1 Å². The van der Waals surface area contributed by atoms with Crippen molar-refractivity contribution in [3.63, 3.8) is 0 Å². The van der Waals surface area contributed by atoms with Crippen LogP contribution < -0.4 is 5.32 Å². The average Bonchev–Trinajstić information content (AvgIpc) is 3.11. The molecule has 0 fully saturated rings. The molecule has 0 unspecified atom stereocenters. The third-order valence-corrected chi connectivity index (χ3v) is 4.75. The Kier molecular flexibility index (Phi) is 4.87. The summed E-state index contributed by atoms with van der Waals surface area (Å²) < 4.78 is 0. The number of non-ortho nitro benzene ring substituents is 1. The lowest BCUT2D eigenvalue weighted by Gasteiger charge is -2.08. The van der Waals surface area contributed by atoms with Gasteiger partial charge in [0.2, 0.25) is 0 Å². The second kappa shape index (κ2) is 7.50. The van der Waals surface area contributed by atoms with Gasteiger partial charge in [-0.25, -0.2) is 0 Å². The van der Waals surface area contributed by atoms with Crippen LogP contribution in [0.5, 0.6) is 0 Å². The van der Waals surface area contributed by atoms with Gasteiger partial charge < -0.3 is 5.32 Å². The fraction of sp³-hybridized carbons (Fsp3) is 0. The highest BCUT2D eigenvalue weighted by Gasteiger charge is 2.18. The van der Waals surface area contributed by atoms with Gasteiger partial charge in [-0.15, -0.1) is 10.2 Å². The van der Waals surface area contributed by atoms with Crippen LogP contribution in [0.1, 0.15) is 10.4 Å². The Labute approximate surface area is 173 Å². The number of aromatic nitrogens is 3. The highest BCUT2D eigenvalue weighted by Crippen LogP contribution is 2.29. The maximum absolute atomic E-state index is 12.6. The lowest BCUT2D eigenvalue weighted by Crippen LogP contribution is -2.13. The molecule has 29 heavy (non-hydrogen) atoms. The van der Waals surface area contributed by atoms with E-state index in [2.05, 4.69) is 15.5 Å². The molecule has 0 radical (unpaired) electrons. The largest absolute Gasteiger partial charge is 0.321 e. The van der Waals surface area contributed by atoms with Crippen LogP contribution in [-0.2, 0) is 0 Å². The Balaban J connectivity index is 1.68. The van der Waals surface area contributed by atoms with Crippen molar-refractivity contribution >= 4 is 51.5 Å². The lowest BCUT2D eigenvalue weighted by molar-refractivity contribution is -0.384. The van der Waals surface area contributed by atoms with E-state index in [1.165, 1.54) is 16.9 Å². The quantitative estimate of drug-likeness (QED) is 0.368. The van der Waals surface area contributed by atoms with Crippen molar-refractivity contribution in [2.45, 2.75) is 0 Å². The van der Waals surface area contributed by atoms with Gasteiger partial charge in [0.1, 0.15) is 11.0 Å². The van der Waals surface area contributed by atoms with Crippen molar-refractivity contribution in [2.24, 2.45) is 0 Å². The molecule has 0 saturated heterocycles. The summed E-state index contributed by atoms with van der Waals surface area (Å²) in [5.74, 6) is -0.629. The molecule has 1 amide bonds. The van der Waals surface area contributed by atoms with Crippen molar-refractivity contribution < 1.29 is 9.72 Å². The Bertz CT molecular complexity index is 1260. The van der Waals surface area contributed by atoms with Crippen LogP contribution in [0.2, 0.25) is 10.0 Å². The lowest BCUT2D eigenvalue weighted by atomic mass is 10.1. The zero-order chi connectivity index (χ0) is 20.5. The van der Waals surface area contributed by atoms with E-state index >= 15 is 0 Å². The number of hydrogen-bond donors (Lipinski definition) is 1. The van der Waals surface area contributed by atoms with Gasteiger partial charge >= 0.3 is 0 Å². The number of nitrogens with zero attached hydrogens (tertiary/aromatic N) is 4. The zero-order valence-electron chi connectivity index (χ0n) is 14.5. The molecule has 1 N–H and O–H groups in total. The molecule has 3 aromatic carbocycles. The second-order valence-corrected chi connectivity index (χ2v) is 6.84. The Morgan fingerprint density at radius 2 is 1.66 bits per heavy atom. The number of nitro groups is 1. The highest BCUT2D eigenvalue weighted by atomic mass is 35.5. The van der Waals surface area contributed by atoms with Crippen LogP contribution in [0.4, 0.5) is 11.4 Å². The summed E-state index contributed by atoms with van der Waals surface area (Å²) in [6, 6.07) is 16.1. The van der Waals surface area contributed by atoms with Crippen LogP contribution >= 0.6 is 23.2 Å². The minimum absolute atomic E-state index is 0.0371. The predicted molar refractivity (Wildman–Crippen MR) is 110 cm³/mol. The fourth-order valence-corrected chi connectivity index (χ4v) is 3.11. The number of benzene rings is 3. The Morgan fingerprint density at radius 3 is 2.34 bits per heavy atom. The smallest absolute Gasteiger partial charge is 0.270 e. The molecule has 0 spiro atoms. The second-order valence-electron chi connectivity index (χ2n) is 6.02. The van der Waals surface area contributed by atoms with E-state index < -0.39 is 10.8 Å². The monoisotopic (exact) mass is 427 g/mol. The maximum atomic E-state index is 12.6. The highest BCUT2D eigenvalue weighted by molar-refractivity contribution is 6.36. The number of hydrogen-bond acceptors (Lipinski definition) is 5. The van der Waals surface area contributed by atoms with Gasteiger partial charge in [-0.3, -0.25) is 14.9 Å². The Hall–Kier alpha value is -3.49. The molecule has 0 bridgehead atoms. The third-order valence-electron chi connectivity index (χ3n) is 4.11. The number of anilines is 1. The number of carbonyl (C=O) groups excluding carboxylic acids is 1. The number of halogens is 2. The molecule has 0 aliphatic rings. The van der Waals surface area contributed by atoms with E-state index in [0.717, 1.165) is 11.8 Å². The first-order chi connectivity index (χ1) is 13.9. The van der Waals surface area contributed by atoms with E-state index in [0.29, 0.717) is 11.0 Å². The number of carbonyl (C=O) groups is 1. The van der Waals surface area contributed by atoms with Crippen molar-refractivity contribution in [3.05, 3.63) is 86.4 Å². The van der Waals surface area contributed by atoms with Gasteiger partial charge in [0.05, 0.1) is 31.9 Å². The van der Waals surface area contributed by atoms with E-state index in [9.17, 15) is 14.9 Å². The molecule has 8 nitrogen and oxygen atoms in total. The topological polar surface area (TPSA) is 103 Å². The first kappa shape index (κ1) is 18.9. The first-order valence-corrected chi connectivity index (χ1v) is 9.05. The van der Waals surface area contributed by atoms with Crippen molar-refractivity contribution in [2.75, 3.05) is 5.32 Å². The minimum atomic E-state index is -0.629. The van der Waals surface area contributed by atoms with Gasteiger partial charge in [0, 0.05) is 12.1 Å². The molecule has 4 rings (SSSR count). The number of nitro benzene ring substituents is 1. The summed E-state index contributed by atoms with van der Waals surface area (Å²) in [5.41, 5.74) is 1.83. The first-order valence-electron chi connectivity index (χ1n) is 8.30. The van der Waals surface area contributed by atoms with Crippen LogP contribution in [0.3, 0.4) is 0 Å². The molecule has 4 aromatic rings. The minimum Gasteiger partial charge on any atom is -0.321 e. The standard InChI is InChI=1S/C19H11Cl2N5O3/c20-14-7-6-12(26(28)29)8-13(14)19(27)22-16-10-18-17(9-15(16)21)23-25(24-18)11-4-2-1-3-5-11/h1-10H,(H,22,27). The van der Waals surface area contributed by atoms with Gasteiger partial charge in [0.25, 0.3) is 11.6 Å². The summed E-state index contributed by atoms with van der Waals surface area (Å²) >= 11 is 12.3. The summed E-state index contributed by atoms with van der Waals surface area (Å²) in [5, 5.41) is 22.7. The van der Waals surface area contributed by atoms with Crippen molar-refractivity contribution in [1.29, 1.82) is 0 Å². The van der Waals surface area contributed by atoms with Gasteiger partial charge in [-0.1, -0.05) is 41.4 Å². The van der Waals surface area contributed by atoms with Crippen LogP contribution in [0.25, 0.3) is 16.7 Å². The summed E-state index contributed by atoms with van der Waals surface area (Å²) in [7, 11) is 0. The number of amides is 1. The molecular formula is C19H11Cl2N5O3. The van der Waals surface area contributed by atoms with Crippen LogP contribution in [-0.4, -0.2) is 25.8 Å². The summed E-state index contributed by atoms with van der Waals surface area (Å²) in [6.45, 7) is 0. The molecule has 0 aliphatic heterocycles. The molecule has 0 aliphatic carbocycles. The number of rotatable bonds is 4. The fourth-order valence-electron chi connectivity index (χ4n) is 2.70. The predicted octanol–water partition coefficient (Wildman–Crippen LogP) is 4.89. The molecule has 144 valence electrons. The van der Waals surface area contributed by atoms with Crippen LogP contribution in [0.15, 0.2) is 60.7 Å². The molecule has 1 heterocycles. The van der Waals surface area contributed by atoms with Gasteiger partial charge in [0.15, 0.2) is 0 Å². The number of fused-ring (bicyclic) bond motifs is 1.